The smallest absolute Gasteiger partial charge is 0.324 e. The number of amides is 2. The number of rotatable bonds is 5. The van der Waals surface area contributed by atoms with Gasteiger partial charge in [-0.05, 0) is 30.2 Å². The number of nitrogens with zero attached hydrogens (tertiary/aromatic N) is 4. The SMILES string of the molecule is CC(C)C(O)CN1CCN(c2cccc3c2cnn3-c2ccccc2F)C1=O. The van der Waals surface area contributed by atoms with Crippen LogP contribution in [0.3, 0.4) is 0 Å². The number of anilines is 1. The van der Waals surface area contributed by atoms with Crippen LogP contribution in [0.1, 0.15) is 13.8 Å². The molecular formula is C21H23FN4O2. The lowest BCUT2D eigenvalue weighted by atomic mass is 10.1. The van der Waals surface area contributed by atoms with E-state index in [1.807, 2.05) is 32.0 Å². The van der Waals surface area contributed by atoms with Gasteiger partial charge in [-0.2, -0.15) is 5.10 Å². The van der Waals surface area contributed by atoms with Crippen LogP contribution >= 0.6 is 0 Å². The van der Waals surface area contributed by atoms with E-state index in [0.717, 1.165) is 16.6 Å². The summed E-state index contributed by atoms with van der Waals surface area (Å²) in [5.74, 6) is -0.270. The molecule has 0 radical (unpaired) electrons. The number of carbonyl (C=O) groups is 1. The minimum absolute atomic E-state index is 0.0873. The Kier molecular flexibility index (Phi) is 4.77. The molecule has 1 N–H and O–H groups in total. The van der Waals surface area contributed by atoms with E-state index in [4.69, 9.17) is 0 Å². The Morgan fingerprint density at radius 3 is 2.61 bits per heavy atom. The number of aromatic nitrogens is 2. The van der Waals surface area contributed by atoms with Crippen LogP contribution in [0.15, 0.2) is 48.7 Å². The molecule has 0 aliphatic carbocycles. The van der Waals surface area contributed by atoms with Crippen LogP contribution in [0.2, 0.25) is 0 Å². The number of benzene rings is 2. The van der Waals surface area contributed by atoms with Crippen LogP contribution in [-0.2, 0) is 0 Å². The maximum absolute atomic E-state index is 14.2. The average molecular weight is 382 g/mol. The van der Waals surface area contributed by atoms with Gasteiger partial charge in [0.1, 0.15) is 11.5 Å². The number of urea groups is 1. The molecule has 2 aromatic carbocycles. The second-order valence-electron chi connectivity index (χ2n) is 7.41. The number of β-amino-alcohol motifs (C(OH)–C–C–N with tert-alkyl or cyclic N) is 1. The highest BCUT2D eigenvalue weighted by molar-refractivity contribution is 6.03. The van der Waals surface area contributed by atoms with Crippen molar-refractivity contribution in [3.8, 4) is 5.69 Å². The van der Waals surface area contributed by atoms with Crippen LogP contribution in [0.25, 0.3) is 16.6 Å². The number of aliphatic hydroxyl groups is 1. The zero-order valence-electron chi connectivity index (χ0n) is 15.9. The number of hydrogen-bond acceptors (Lipinski definition) is 3. The van der Waals surface area contributed by atoms with Crippen molar-refractivity contribution in [3.05, 3.63) is 54.5 Å². The minimum Gasteiger partial charge on any atom is -0.391 e. The van der Waals surface area contributed by atoms with Gasteiger partial charge >= 0.3 is 6.03 Å². The molecule has 28 heavy (non-hydrogen) atoms. The van der Waals surface area contributed by atoms with Crippen molar-refractivity contribution in [1.82, 2.24) is 14.7 Å². The second-order valence-corrected chi connectivity index (χ2v) is 7.41. The molecule has 6 nitrogen and oxygen atoms in total. The molecule has 0 bridgehead atoms. The van der Waals surface area contributed by atoms with E-state index in [2.05, 4.69) is 5.10 Å². The number of para-hydroxylation sites is 1. The fourth-order valence-electron chi connectivity index (χ4n) is 3.50. The van der Waals surface area contributed by atoms with Crippen molar-refractivity contribution in [2.75, 3.05) is 24.5 Å². The highest BCUT2D eigenvalue weighted by atomic mass is 19.1. The van der Waals surface area contributed by atoms with Crippen molar-refractivity contribution in [2.24, 2.45) is 5.92 Å². The number of carbonyl (C=O) groups excluding carboxylic acids is 1. The fourth-order valence-corrected chi connectivity index (χ4v) is 3.50. The van der Waals surface area contributed by atoms with Gasteiger partial charge in [-0.3, -0.25) is 4.90 Å². The highest BCUT2D eigenvalue weighted by Gasteiger charge is 2.32. The van der Waals surface area contributed by atoms with Crippen molar-refractivity contribution in [1.29, 1.82) is 0 Å². The monoisotopic (exact) mass is 382 g/mol. The first-order valence-electron chi connectivity index (χ1n) is 9.43. The first-order valence-corrected chi connectivity index (χ1v) is 9.43. The number of hydrogen-bond donors (Lipinski definition) is 1. The Labute approximate surface area is 162 Å². The zero-order valence-corrected chi connectivity index (χ0v) is 15.9. The number of halogens is 1. The third-order valence-electron chi connectivity index (χ3n) is 5.23. The Morgan fingerprint density at radius 2 is 1.86 bits per heavy atom. The molecule has 1 unspecified atom stereocenters. The lowest BCUT2D eigenvalue weighted by Crippen LogP contribution is -2.38. The minimum atomic E-state index is -0.552. The first-order chi connectivity index (χ1) is 13.5. The quantitative estimate of drug-likeness (QED) is 0.735. The Hall–Kier alpha value is -2.93. The van der Waals surface area contributed by atoms with Crippen LogP contribution in [0.5, 0.6) is 0 Å². The van der Waals surface area contributed by atoms with Gasteiger partial charge in [0.05, 0.1) is 23.5 Å². The molecular weight excluding hydrogens is 359 g/mol. The summed E-state index contributed by atoms with van der Waals surface area (Å²) < 4.78 is 15.8. The Bertz CT molecular complexity index is 1020. The van der Waals surface area contributed by atoms with E-state index in [1.54, 1.807) is 38.9 Å². The van der Waals surface area contributed by atoms with Crippen LogP contribution in [-0.4, -0.2) is 51.6 Å². The number of fused-ring (bicyclic) bond motifs is 1. The van der Waals surface area contributed by atoms with Gasteiger partial charge in [-0.25, -0.2) is 13.9 Å². The molecule has 0 spiro atoms. The standard InChI is InChI=1S/C21H23FN4O2/c1-14(2)20(27)13-24-10-11-25(21(24)28)17-8-5-9-18-15(17)12-23-26(18)19-7-4-3-6-16(19)22/h3-9,12,14,20,27H,10-11,13H2,1-2H3. The Morgan fingerprint density at radius 1 is 1.11 bits per heavy atom. The van der Waals surface area contributed by atoms with E-state index < -0.39 is 6.10 Å². The summed E-state index contributed by atoms with van der Waals surface area (Å²) in [5, 5.41) is 15.3. The lowest BCUT2D eigenvalue weighted by molar-refractivity contribution is 0.0936. The molecule has 1 aliphatic rings. The van der Waals surface area contributed by atoms with E-state index in [9.17, 15) is 14.3 Å². The maximum atomic E-state index is 14.2. The number of aliphatic hydroxyl groups excluding tert-OH is 1. The van der Waals surface area contributed by atoms with Gasteiger partial charge in [-0.1, -0.05) is 32.0 Å². The fraction of sp³-hybridized carbons (Fsp3) is 0.333. The van der Waals surface area contributed by atoms with Crippen molar-refractivity contribution in [2.45, 2.75) is 20.0 Å². The highest BCUT2D eigenvalue weighted by Crippen LogP contribution is 2.31. The zero-order chi connectivity index (χ0) is 19.8. The summed E-state index contributed by atoms with van der Waals surface area (Å²) >= 11 is 0. The molecule has 1 saturated heterocycles. The molecule has 4 rings (SSSR count). The largest absolute Gasteiger partial charge is 0.391 e. The van der Waals surface area contributed by atoms with Crippen molar-refractivity contribution in [3.63, 3.8) is 0 Å². The van der Waals surface area contributed by atoms with E-state index in [1.165, 1.54) is 6.07 Å². The van der Waals surface area contributed by atoms with Crippen LogP contribution < -0.4 is 4.90 Å². The van der Waals surface area contributed by atoms with Crippen molar-refractivity contribution >= 4 is 22.6 Å². The summed E-state index contributed by atoms with van der Waals surface area (Å²) in [6, 6.07) is 11.9. The molecule has 7 heteroatoms. The van der Waals surface area contributed by atoms with Gasteiger partial charge in [-0.15, -0.1) is 0 Å². The van der Waals surface area contributed by atoms with Gasteiger partial charge < -0.3 is 10.0 Å². The molecule has 2 heterocycles. The predicted molar refractivity (Wildman–Crippen MR) is 106 cm³/mol. The second kappa shape index (κ2) is 7.24. The Balaban J connectivity index is 1.68. The van der Waals surface area contributed by atoms with E-state index >= 15 is 0 Å². The summed E-state index contributed by atoms with van der Waals surface area (Å²) in [6.45, 7) is 5.27. The normalized spacial score (nSPS) is 15.8. The molecule has 1 atom stereocenters. The topological polar surface area (TPSA) is 61.6 Å². The van der Waals surface area contributed by atoms with Crippen LogP contribution in [0.4, 0.5) is 14.9 Å². The molecule has 146 valence electrons. The summed E-state index contributed by atoms with van der Waals surface area (Å²) in [5.41, 5.74) is 1.84. The van der Waals surface area contributed by atoms with Crippen LogP contribution in [0, 0.1) is 11.7 Å². The van der Waals surface area contributed by atoms with Gasteiger partial charge in [0.15, 0.2) is 0 Å². The van der Waals surface area contributed by atoms with Crippen molar-refractivity contribution < 1.29 is 14.3 Å². The molecule has 0 saturated carbocycles. The van der Waals surface area contributed by atoms with Gasteiger partial charge in [0.2, 0.25) is 0 Å². The summed E-state index contributed by atoms with van der Waals surface area (Å²) in [6.07, 6.45) is 1.11. The third-order valence-corrected chi connectivity index (χ3v) is 5.23. The van der Waals surface area contributed by atoms with E-state index in [-0.39, 0.29) is 17.8 Å². The lowest BCUT2D eigenvalue weighted by Gasteiger charge is -2.23. The summed E-state index contributed by atoms with van der Waals surface area (Å²) in [7, 11) is 0. The molecule has 1 fully saturated rings. The van der Waals surface area contributed by atoms with Gasteiger partial charge in [0, 0.05) is 25.0 Å². The van der Waals surface area contributed by atoms with E-state index in [0.29, 0.717) is 25.3 Å². The predicted octanol–water partition coefficient (Wildman–Crippen LogP) is 3.42. The third kappa shape index (κ3) is 3.11. The molecule has 1 aliphatic heterocycles. The average Bonchev–Trinajstić information content (AvgIpc) is 3.26. The molecule has 1 aromatic heterocycles. The van der Waals surface area contributed by atoms with Gasteiger partial charge in [0.25, 0.3) is 0 Å². The molecule has 2 amide bonds. The molecule has 3 aromatic rings. The maximum Gasteiger partial charge on any atom is 0.324 e. The summed E-state index contributed by atoms with van der Waals surface area (Å²) in [4.78, 5) is 16.3. The first kappa shape index (κ1) is 18.4.